The van der Waals surface area contributed by atoms with Gasteiger partial charge in [-0.15, -0.1) is 0 Å². The first kappa shape index (κ1) is 15.1. The van der Waals surface area contributed by atoms with Crippen molar-refractivity contribution in [2.24, 2.45) is 0 Å². The summed E-state index contributed by atoms with van der Waals surface area (Å²) in [5.41, 5.74) is 0.407. The van der Waals surface area contributed by atoms with Crippen molar-refractivity contribution in [1.29, 1.82) is 0 Å². The highest BCUT2D eigenvalue weighted by atomic mass is 35.5. The highest BCUT2D eigenvalue weighted by molar-refractivity contribution is 6.31. The number of nitrogens with one attached hydrogen (secondary N) is 2. The van der Waals surface area contributed by atoms with E-state index >= 15 is 0 Å². The maximum absolute atomic E-state index is 12.1. The van der Waals surface area contributed by atoms with Gasteiger partial charge in [0.05, 0.1) is 18.9 Å². The average Bonchev–Trinajstić information content (AvgIpc) is 2.52. The first-order chi connectivity index (χ1) is 10.2. The largest absolute Gasteiger partial charge is 0.496 e. The van der Waals surface area contributed by atoms with Crippen molar-refractivity contribution in [2.75, 3.05) is 25.5 Å². The van der Waals surface area contributed by atoms with Gasteiger partial charge >= 0.3 is 0 Å². The molecule has 0 aliphatic carbocycles. The predicted octanol–water partition coefficient (Wildman–Crippen LogP) is 1.98. The smallest absolute Gasteiger partial charge is 0.255 e. The highest BCUT2D eigenvalue weighted by Crippen LogP contribution is 2.22. The lowest BCUT2D eigenvalue weighted by Crippen LogP contribution is -2.29. The summed E-state index contributed by atoms with van der Waals surface area (Å²) in [6, 6.07) is 4.91. The third-order valence-corrected chi connectivity index (χ3v) is 2.92. The number of anilines is 1. The number of amides is 1. The highest BCUT2D eigenvalue weighted by Gasteiger charge is 2.12. The van der Waals surface area contributed by atoms with Gasteiger partial charge in [-0.25, -0.2) is 4.98 Å². The molecule has 0 spiro atoms. The van der Waals surface area contributed by atoms with Crippen molar-refractivity contribution in [3.8, 4) is 5.75 Å². The van der Waals surface area contributed by atoms with Crippen LogP contribution in [0.1, 0.15) is 10.4 Å². The van der Waals surface area contributed by atoms with E-state index in [0.29, 0.717) is 35.2 Å². The molecule has 2 aromatic rings. The number of carbonyl (C=O) groups is 1. The lowest BCUT2D eigenvalue weighted by atomic mass is 10.2. The molecular weight excluding hydrogens is 292 g/mol. The minimum Gasteiger partial charge on any atom is -0.496 e. The quantitative estimate of drug-likeness (QED) is 0.798. The van der Waals surface area contributed by atoms with Crippen LogP contribution in [0.15, 0.2) is 36.8 Å². The summed E-state index contributed by atoms with van der Waals surface area (Å²) in [4.78, 5) is 20.1. The number of benzene rings is 1. The van der Waals surface area contributed by atoms with Crippen LogP contribution in [0.3, 0.4) is 0 Å². The van der Waals surface area contributed by atoms with Crippen LogP contribution in [0, 0.1) is 0 Å². The van der Waals surface area contributed by atoms with Crippen LogP contribution in [0.4, 0.5) is 5.82 Å². The molecule has 1 aromatic carbocycles. The Kier molecular flexibility index (Phi) is 5.34. The molecule has 0 bridgehead atoms. The van der Waals surface area contributed by atoms with Gasteiger partial charge in [-0.05, 0) is 18.2 Å². The van der Waals surface area contributed by atoms with Gasteiger partial charge in [-0.1, -0.05) is 11.6 Å². The molecule has 1 heterocycles. The van der Waals surface area contributed by atoms with Gasteiger partial charge in [-0.3, -0.25) is 9.78 Å². The number of aromatic nitrogens is 2. The van der Waals surface area contributed by atoms with E-state index in [-0.39, 0.29) is 5.91 Å². The lowest BCUT2D eigenvalue weighted by Gasteiger charge is -2.10. The lowest BCUT2D eigenvalue weighted by molar-refractivity contribution is 0.0952. The Morgan fingerprint density at radius 1 is 1.33 bits per heavy atom. The second-order valence-corrected chi connectivity index (χ2v) is 4.55. The van der Waals surface area contributed by atoms with E-state index in [9.17, 15) is 4.79 Å². The Morgan fingerprint density at radius 3 is 2.90 bits per heavy atom. The zero-order valence-electron chi connectivity index (χ0n) is 11.5. The molecule has 2 rings (SSSR count). The summed E-state index contributed by atoms with van der Waals surface area (Å²) in [5.74, 6) is 0.904. The van der Waals surface area contributed by atoms with Crippen molar-refractivity contribution in [2.45, 2.75) is 0 Å². The summed E-state index contributed by atoms with van der Waals surface area (Å²) < 4.78 is 5.14. The monoisotopic (exact) mass is 306 g/mol. The number of halogens is 1. The van der Waals surface area contributed by atoms with E-state index in [2.05, 4.69) is 20.6 Å². The SMILES string of the molecule is COc1ccc(Cl)cc1C(=O)NCCNc1cnccn1. The van der Waals surface area contributed by atoms with Crippen LogP contribution >= 0.6 is 11.6 Å². The van der Waals surface area contributed by atoms with E-state index in [1.165, 1.54) is 7.11 Å². The number of methoxy groups -OCH3 is 1. The van der Waals surface area contributed by atoms with Crippen LogP contribution in [-0.2, 0) is 0 Å². The summed E-state index contributed by atoms with van der Waals surface area (Å²) in [7, 11) is 1.51. The van der Waals surface area contributed by atoms with E-state index in [1.54, 1.807) is 36.8 Å². The Labute approximate surface area is 127 Å². The summed E-state index contributed by atoms with van der Waals surface area (Å²) in [5, 5.41) is 6.31. The molecular formula is C14H15ClN4O2. The van der Waals surface area contributed by atoms with Crippen molar-refractivity contribution >= 4 is 23.3 Å². The minimum absolute atomic E-state index is 0.240. The molecule has 0 saturated heterocycles. The molecule has 2 N–H and O–H groups in total. The standard InChI is InChI=1S/C14H15ClN4O2/c1-21-12-3-2-10(15)8-11(12)14(20)19-7-6-18-13-9-16-4-5-17-13/h2-5,8-9H,6-7H2,1H3,(H,17,18)(H,19,20). The van der Waals surface area contributed by atoms with Gasteiger partial charge in [0.2, 0.25) is 0 Å². The molecule has 110 valence electrons. The van der Waals surface area contributed by atoms with Crippen LogP contribution in [0.25, 0.3) is 0 Å². The number of hydrogen-bond donors (Lipinski definition) is 2. The topological polar surface area (TPSA) is 76.1 Å². The molecule has 0 fully saturated rings. The molecule has 0 saturated carbocycles. The number of carbonyl (C=O) groups excluding carboxylic acids is 1. The molecule has 21 heavy (non-hydrogen) atoms. The number of ether oxygens (including phenoxy) is 1. The zero-order valence-corrected chi connectivity index (χ0v) is 12.2. The van der Waals surface area contributed by atoms with E-state index < -0.39 is 0 Å². The molecule has 0 unspecified atom stereocenters. The zero-order chi connectivity index (χ0) is 15.1. The van der Waals surface area contributed by atoms with Crippen LogP contribution in [0.2, 0.25) is 5.02 Å². The van der Waals surface area contributed by atoms with Gasteiger partial charge in [-0.2, -0.15) is 0 Å². The molecule has 0 radical (unpaired) electrons. The third-order valence-electron chi connectivity index (χ3n) is 2.69. The van der Waals surface area contributed by atoms with Crippen molar-refractivity contribution in [3.63, 3.8) is 0 Å². The fourth-order valence-electron chi connectivity index (χ4n) is 1.71. The summed E-state index contributed by atoms with van der Waals surface area (Å²) in [6.07, 6.45) is 4.80. The normalized spacial score (nSPS) is 10.0. The van der Waals surface area contributed by atoms with Crippen LogP contribution in [0.5, 0.6) is 5.75 Å². The van der Waals surface area contributed by atoms with Crippen LogP contribution < -0.4 is 15.4 Å². The molecule has 1 aromatic heterocycles. The van der Waals surface area contributed by atoms with Crippen molar-refractivity contribution in [1.82, 2.24) is 15.3 Å². The number of hydrogen-bond acceptors (Lipinski definition) is 5. The maximum atomic E-state index is 12.1. The number of rotatable bonds is 6. The minimum atomic E-state index is -0.240. The fraction of sp³-hybridized carbons (Fsp3) is 0.214. The van der Waals surface area contributed by atoms with E-state index in [4.69, 9.17) is 16.3 Å². The summed E-state index contributed by atoms with van der Waals surface area (Å²) >= 11 is 5.90. The molecule has 7 heteroatoms. The molecule has 6 nitrogen and oxygen atoms in total. The fourth-order valence-corrected chi connectivity index (χ4v) is 1.88. The molecule has 0 aliphatic rings. The molecule has 0 aliphatic heterocycles. The number of nitrogens with zero attached hydrogens (tertiary/aromatic N) is 2. The van der Waals surface area contributed by atoms with Gasteiger partial charge < -0.3 is 15.4 Å². The first-order valence-corrected chi connectivity index (χ1v) is 6.70. The third kappa shape index (κ3) is 4.32. The first-order valence-electron chi connectivity index (χ1n) is 6.32. The van der Waals surface area contributed by atoms with Crippen LogP contribution in [-0.4, -0.2) is 36.1 Å². The Morgan fingerprint density at radius 2 is 2.19 bits per heavy atom. The van der Waals surface area contributed by atoms with Gasteiger partial charge in [0.1, 0.15) is 11.6 Å². The maximum Gasteiger partial charge on any atom is 0.255 e. The molecule has 0 atom stereocenters. The summed E-state index contributed by atoms with van der Waals surface area (Å²) in [6.45, 7) is 0.971. The molecule has 1 amide bonds. The van der Waals surface area contributed by atoms with Crippen molar-refractivity contribution < 1.29 is 9.53 Å². The van der Waals surface area contributed by atoms with Gasteiger partial charge in [0.15, 0.2) is 0 Å². The second-order valence-electron chi connectivity index (χ2n) is 4.12. The van der Waals surface area contributed by atoms with Crippen molar-refractivity contribution in [3.05, 3.63) is 47.4 Å². The average molecular weight is 307 g/mol. The van der Waals surface area contributed by atoms with Gasteiger partial charge in [0.25, 0.3) is 5.91 Å². The second kappa shape index (κ2) is 7.44. The van der Waals surface area contributed by atoms with E-state index in [0.717, 1.165) is 0 Å². The Balaban J connectivity index is 1.86. The Hall–Kier alpha value is -2.34. The predicted molar refractivity (Wildman–Crippen MR) is 80.9 cm³/mol. The van der Waals surface area contributed by atoms with E-state index in [1.807, 2.05) is 0 Å². The van der Waals surface area contributed by atoms with Gasteiger partial charge in [0, 0.05) is 30.5 Å². The Bertz CT molecular complexity index is 607.